The van der Waals surface area contributed by atoms with Crippen molar-refractivity contribution < 1.29 is 4.79 Å². The van der Waals surface area contributed by atoms with Crippen molar-refractivity contribution in [2.24, 2.45) is 11.3 Å². The van der Waals surface area contributed by atoms with Gasteiger partial charge in [-0.1, -0.05) is 34.6 Å². The standard InChI is InChI=1S/C13H27NOS/c1-11(2)6-8-14-12(15)7-9-16-10-13(3,4)5/h11H,6-10H2,1-5H3,(H,14,15). The molecule has 0 aliphatic carbocycles. The first-order valence-electron chi connectivity index (χ1n) is 6.16. The van der Waals surface area contributed by atoms with E-state index in [1.165, 1.54) is 0 Å². The van der Waals surface area contributed by atoms with Gasteiger partial charge in [0.05, 0.1) is 0 Å². The number of carbonyl (C=O) groups is 1. The minimum atomic E-state index is 0.196. The highest BCUT2D eigenvalue weighted by molar-refractivity contribution is 7.99. The van der Waals surface area contributed by atoms with Crippen molar-refractivity contribution in [1.29, 1.82) is 0 Å². The third kappa shape index (κ3) is 11.9. The molecule has 0 atom stereocenters. The van der Waals surface area contributed by atoms with Crippen molar-refractivity contribution in [1.82, 2.24) is 5.32 Å². The van der Waals surface area contributed by atoms with E-state index in [0.717, 1.165) is 24.5 Å². The molecule has 0 saturated heterocycles. The predicted molar refractivity (Wildman–Crippen MR) is 73.9 cm³/mol. The van der Waals surface area contributed by atoms with E-state index in [9.17, 15) is 4.79 Å². The molecular weight excluding hydrogens is 218 g/mol. The fraction of sp³-hybridized carbons (Fsp3) is 0.923. The number of nitrogens with one attached hydrogen (secondary N) is 1. The third-order valence-corrected chi connectivity index (χ3v) is 3.62. The molecule has 0 aromatic heterocycles. The van der Waals surface area contributed by atoms with Gasteiger partial charge in [-0.25, -0.2) is 0 Å². The molecule has 0 fully saturated rings. The molecule has 3 heteroatoms. The zero-order chi connectivity index (χ0) is 12.6. The second-order valence-electron chi connectivity index (χ2n) is 5.90. The van der Waals surface area contributed by atoms with Gasteiger partial charge in [0.25, 0.3) is 0 Å². The summed E-state index contributed by atoms with van der Waals surface area (Å²) in [5, 5.41) is 2.96. The van der Waals surface area contributed by atoms with E-state index >= 15 is 0 Å². The average molecular weight is 245 g/mol. The summed E-state index contributed by atoms with van der Waals surface area (Å²) in [5.74, 6) is 2.91. The van der Waals surface area contributed by atoms with Crippen LogP contribution in [0.1, 0.15) is 47.5 Å². The van der Waals surface area contributed by atoms with Gasteiger partial charge in [0.2, 0.25) is 5.91 Å². The molecule has 0 saturated carbocycles. The summed E-state index contributed by atoms with van der Waals surface area (Å²) >= 11 is 1.87. The molecule has 0 aliphatic rings. The van der Waals surface area contributed by atoms with Gasteiger partial charge in [-0.2, -0.15) is 11.8 Å². The van der Waals surface area contributed by atoms with Crippen molar-refractivity contribution in [3.05, 3.63) is 0 Å². The van der Waals surface area contributed by atoms with Gasteiger partial charge in [0, 0.05) is 18.7 Å². The topological polar surface area (TPSA) is 29.1 Å². The van der Waals surface area contributed by atoms with E-state index in [1.807, 2.05) is 11.8 Å². The highest BCUT2D eigenvalue weighted by Crippen LogP contribution is 2.20. The Morgan fingerprint density at radius 1 is 1.31 bits per heavy atom. The largest absolute Gasteiger partial charge is 0.356 e. The van der Waals surface area contributed by atoms with Crippen LogP contribution in [0.25, 0.3) is 0 Å². The Balaban J connectivity index is 3.38. The molecule has 0 spiro atoms. The Kier molecular flexibility index (Phi) is 7.90. The Labute approximate surface area is 105 Å². The lowest BCUT2D eigenvalue weighted by Gasteiger charge is -2.17. The lowest BCUT2D eigenvalue weighted by atomic mass is 10.0. The highest BCUT2D eigenvalue weighted by Gasteiger charge is 2.10. The van der Waals surface area contributed by atoms with Crippen LogP contribution in [-0.2, 0) is 4.79 Å². The molecular formula is C13H27NOS. The van der Waals surface area contributed by atoms with Crippen LogP contribution in [-0.4, -0.2) is 24.0 Å². The van der Waals surface area contributed by atoms with Crippen LogP contribution < -0.4 is 5.32 Å². The molecule has 0 aromatic rings. The van der Waals surface area contributed by atoms with Crippen LogP contribution in [0.5, 0.6) is 0 Å². The number of amides is 1. The van der Waals surface area contributed by atoms with Gasteiger partial charge < -0.3 is 5.32 Å². The molecule has 1 N–H and O–H groups in total. The van der Waals surface area contributed by atoms with Crippen LogP contribution in [0.4, 0.5) is 0 Å². The smallest absolute Gasteiger partial charge is 0.220 e. The molecule has 2 nitrogen and oxygen atoms in total. The summed E-state index contributed by atoms with van der Waals surface area (Å²) in [6.45, 7) is 11.8. The molecule has 0 radical (unpaired) electrons. The molecule has 16 heavy (non-hydrogen) atoms. The maximum Gasteiger partial charge on any atom is 0.220 e. The Bertz CT molecular complexity index is 197. The average Bonchev–Trinajstić information content (AvgIpc) is 2.10. The van der Waals surface area contributed by atoms with Crippen LogP contribution in [0.2, 0.25) is 0 Å². The van der Waals surface area contributed by atoms with E-state index < -0.39 is 0 Å². The molecule has 0 bridgehead atoms. The van der Waals surface area contributed by atoms with E-state index in [-0.39, 0.29) is 5.91 Å². The number of thioether (sulfide) groups is 1. The van der Waals surface area contributed by atoms with Crippen molar-refractivity contribution >= 4 is 17.7 Å². The van der Waals surface area contributed by atoms with Crippen LogP contribution in [0.3, 0.4) is 0 Å². The van der Waals surface area contributed by atoms with E-state index in [0.29, 0.717) is 17.8 Å². The molecule has 96 valence electrons. The summed E-state index contributed by atoms with van der Waals surface area (Å²) < 4.78 is 0. The number of carbonyl (C=O) groups excluding carboxylic acids is 1. The van der Waals surface area contributed by atoms with Crippen molar-refractivity contribution in [3.8, 4) is 0 Å². The van der Waals surface area contributed by atoms with Crippen LogP contribution in [0, 0.1) is 11.3 Å². The summed E-state index contributed by atoms with van der Waals surface area (Å²) in [5.41, 5.74) is 0.360. The monoisotopic (exact) mass is 245 g/mol. The Hall–Kier alpha value is -0.180. The van der Waals surface area contributed by atoms with Crippen LogP contribution >= 0.6 is 11.8 Å². The lowest BCUT2D eigenvalue weighted by Crippen LogP contribution is -2.25. The van der Waals surface area contributed by atoms with Gasteiger partial charge in [0.1, 0.15) is 0 Å². The minimum Gasteiger partial charge on any atom is -0.356 e. The maximum absolute atomic E-state index is 11.4. The van der Waals surface area contributed by atoms with Gasteiger partial charge in [-0.05, 0) is 23.5 Å². The molecule has 0 aliphatic heterocycles. The van der Waals surface area contributed by atoms with Crippen LogP contribution in [0.15, 0.2) is 0 Å². The third-order valence-electron chi connectivity index (χ3n) is 2.05. The number of hydrogen-bond acceptors (Lipinski definition) is 2. The first kappa shape index (κ1) is 15.8. The molecule has 0 unspecified atom stereocenters. The first-order valence-corrected chi connectivity index (χ1v) is 7.31. The molecule has 1 amide bonds. The number of rotatable bonds is 7. The summed E-state index contributed by atoms with van der Waals surface area (Å²) in [6, 6.07) is 0. The van der Waals surface area contributed by atoms with Gasteiger partial charge in [0.15, 0.2) is 0 Å². The van der Waals surface area contributed by atoms with Gasteiger partial charge >= 0.3 is 0 Å². The van der Waals surface area contributed by atoms with Crippen molar-refractivity contribution in [2.45, 2.75) is 47.5 Å². The summed E-state index contributed by atoms with van der Waals surface area (Å²) in [4.78, 5) is 11.4. The van der Waals surface area contributed by atoms with Crippen molar-refractivity contribution in [2.75, 3.05) is 18.1 Å². The van der Waals surface area contributed by atoms with Crippen molar-refractivity contribution in [3.63, 3.8) is 0 Å². The fourth-order valence-electron chi connectivity index (χ4n) is 1.13. The molecule has 0 aromatic carbocycles. The van der Waals surface area contributed by atoms with Gasteiger partial charge in [-0.3, -0.25) is 4.79 Å². The fourth-order valence-corrected chi connectivity index (χ4v) is 2.22. The molecule has 0 rings (SSSR count). The number of hydrogen-bond donors (Lipinski definition) is 1. The predicted octanol–water partition coefficient (Wildman–Crippen LogP) is 3.32. The second kappa shape index (κ2) is 7.99. The van der Waals surface area contributed by atoms with Gasteiger partial charge in [-0.15, -0.1) is 0 Å². The highest BCUT2D eigenvalue weighted by atomic mass is 32.2. The zero-order valence-corrected chi connectivity index (χ0v) is 12.2. The quantitative estimate of drug-likeness (QED) is 0.697. The first-order chi connectivity index (χ1) is 7.31. The summed E-state index contributed by atoms with van der Waals surface area (Å²) in [6.07, 6.45) is 1.72. The maximum atomic E-state index is 11.4. The Morgan fingerprint density at radius 3 is 2.44 bits per heavy atom. The van der Waals surface area contributed by atoms with E-state index in [2.05, 4.69) is 39.9 Å². The minimum absolute atomic E-state index is 0.196. The van der Waals surface area contributed by atoms with E-state index in [1.54, 1.807) is 0 Å². The Morgan fingerprint density at radius 2 is 1.94 bits per heavy atom. The SMILES string of the molecule is CC(C)CCNC(=O)CCSCC(C)(C)C. The normalized spacial score (nSPS) is 11.9. The molecule has 0 heterocycles. The summed E-state index contributed by atoms with van der Waals surface area (Å²) in [7, 11) is 0. The lowest BCUT2D eigenvalue weighted by molar-refractivity contribution is -0.120. The van der Waals surface area contributed by atoms with E-state index in [4.69, 9.17) is 0 Å². The zero-order valence-electron chi connectivity index (χ0n) is 11.4. The second-order valence-corrected chi connectivity index (χ2v) is 7.00.